The number of Topliss-reactive ketones (excluding diaryl/α,β-unsaturated/α-hetero) is 1. The molecule has 1 N–H and O–H groups in total. The van der Waals surface area contributed by atoms with Crippen LogP contribution >= 0.6 is 0 Å². The van der Waals surface area contributed by atoms with Crippen molar-refractivity contribution in [3.05, 3.63) is 39.9 Å². The van der Waals surface area contributed by atoms with Crippen LogP contribution < -0.4 is 5.32 Å². The lowest BCUT2D eigenvalue weighted by Gasteiger charge is -2.29. The number of benzene rings is 1. The first-order valence-corrected chi connectivity index (χ1v) is 7.04. The number of para-hydroxylation sites is 1. The molecule has 1 aromatic carbocycles. The van der Waals surface area contributed by atoms with Gasteiger partial charge in [0.25, 0.3) is 5.69 Å². The van der Waals surface area contributed by atoms with Crippen LogP contribution in [0.3, 0.4) is 0 Å². The normalized spacial score (nSPS) is 19.9. The predicted molar refractivity (Wildman–Crippen MR) is 76.6 cm³/mol. The summed E-state index contributed by atoms with van der Waals surface area (Å²) in [5, 5.41) is 13.9. The topological polar surface area (TPSA) is 89.3 Å². The largest absolute Gasteiger partial charge is 0.349 e. The molecule has 0 radical (unpaired) electrons. The van der Waals surface area contributed by atoms with Gasteiger partial charge in [0.2, 0.25) is 5.91 Å². The summed E-state index contributed by atoms with van der Waals surface area (Å²) in [6, 6.07) is 5.65. The van der Waals surface area contributed by atoms with E-state index in [1.807, 2.05) is 0 Å². The minimum Gasteiger partial charge on any atom is -0.349 e. The highest BCUT2D eigenvalue weighted by Gasteiger charge is 2.35. The fourth-order valence-corrected chi connectivity index (χ4v) is 2.89. The Morgan fingerprint density at radius 3 is 2.71 bits per heavy atom. The van der Waals surface area contributed by atoms with Crippen LogP contribution in [0.5, 0.6) is 0 Å². The molecule has 0 aromatic heterocycles. The minimum atomic E-state index is -0.628. The van der Waals surface area contributed by atoms with Crippen LogP contribution in [0, 0.1) is 16.0 Å². The number of ketones is 1. The second kappa shape index (κ2) is 6.47. The standard InChI is InChI=1S/C15H18N2O4/c1-10(18)16-15(12-7-3-5-9-14(12)19)11-6-2-4-8-13(11)17(20)21/h2,4,6,8,12,15H,3,5,7,9H2,1H3,(H,16,18)/t12-,15+/m0/s1. The molecule has 21 heavy (non-hydrogen) atoms. The average molecular weight is 290 g/mol. The van der Waals surface area contributed by atoms with Crippen molar-refractivity contribution in [1.82, 2.24) is 5.32 Å². The summed E-state index contributed by atoms with van der Waals surface area (Å²) in [6.07, 6.45) is 2.86. The van der Waals surface area contributed by atoms with E-state index >= 15 is 0 Å². The molecule has 0 aliphatic heterocycles. The third-order valence-corrected chi connectivity index (χ3v) is 3.83. The van der Waals surface area contributed by atoms with Crippen LogP contribution in [-0.2, 0) is 9.59 Å². The second-order valence-electron chi connectivity index (χ2n) is 5.31. The van der Waals surface area contributed by atoms with Crippen LogP contribution in [-0.4, -0.2) is 16.6 Å². The Kier molecular flexibility index (Phi) is 4.67. The van der Waals surface area contributed by atoms with Gasteiger partial charge >= 0.3 is 0 Å². The van der Waals surface area contributed by atoms with E-state index in [0.717, 1.165) is 12.8 Å². The highest BCUT2D eigenvalue weighted by molar-refractivity contribution is 5.84. The third-order valence-electron chi connectivity index (χ3n) is 3.83. The number of nitrogens with zero attached hydrogens (tertiary/aromatic N) is 1. The molecular weight excluding hydrogens is 272 g/mol. The Morgan fingerprint density at radius 1 is 1.38 bits per heavy atom. The Bertz CT molecular complexity index is 571. The average Bonchev–Trinajstić information content (AvgIpc) is 2.45. The number of rotatable bonds is 4. The van der Waals surface area contributed by atoms with E-state index in [1.165, 1.54) is 13.0 Å². The van der Waals surface area contributed by atoms with E-state index in [1.54, 1.807) is 18.2 Å². The van der Waals surface area contributed by atoms with Crippen molar-refractivity contribution in [3.63, 3.8) is 0 Å². The molecule has 1 aromatic rings. The fraction of sp³-hybridized carbons (Fsp3) is 0.467. The molecule has 1 aliphatic rings. The summed E-state index contributed by atoms with van der Waals surface area (Å²) >= 11 is 0. The lowest BCUT2D eigenvalue weighted by Crippen LogP contribution is -2.37. The molecule has 1 saturated carbocycles. The van der Waals surface area contributed by atoms with Gasteiger partial charge < -0.3 is 5.32 Å². The Hall–Kier alpha value is -2.24. The molecule has 2 rings (SSSR count). The second-order valence-corrected chi connectivity index (χ2v) is 5.31. The maximum Gasteiger partial charge on any atom is 0.274 e. The van der Waals surface area contributed by atoms with E-state index in [2.05, 4.69) is 5.32 Å². The summed E-state index contributed by atoms with van der Waals surface area (Å²) in [5.74, 6) is -0.613. The molecule has 0 spiro atoms. The van der Waals surface area contributed by atoms with Gasteiger partial charge in [0.1, 0.15) is 5.78 Å². The van der Waals surface area contributed by atoms with E-state index < -0.39 is 11.0 Å². The van der Waals surface area contributed by atoms with Crippen molar-refractivity contribution in [2.24, 2.45) is 5.92 Å². The van der Waals surface area contributed by atoms with Crippen molar-refractivity contribution in [3.8, 4) is 0 Å². The van der Waals surface area contributed by atoms with Gasteiger partial charge in [-0.1, -0.05) is 24.6 Å². The molecule has 6 nitrogen and oxygen atoms in total. The highest BCUT2D eigenvalue weighted by Crippen LogP contribution is 2.36. The van der Waals surface area contributed by atoms with Gasteiger partial charge in [-0.15, -0.1) is 0 Å². The van der Waals surface area contributed by atoms with Crippen molar-refractivity contribution < 1.29 is 14.5 Å². The van der Waals surface area contributed by atoms with E-state index in [9.17, 15) is 19.7 Å². The van der Waals surface area contributed by atoms with E-state index in [4.69, 9.17) is 0 Å². The Labute approximate surface area is 122 Å². The first-order chi connectivity index (χ1) is 10.0. The SMILES string of the molecule is CC(=O)N[C@H](c1ccccc1[N+](=O)[O-])[C@H]1CCCCC1=O. The zero-order chi connectivity index (χ0) is 15.4. The number of amides is 1. The summed E-state index contributed by atoms with van der Waals surface area (Å²) in [6.45, 7) is 1.36. The zero-order valence-electron chi connectivity index (χ0n) is 11.9. The fourth-order valence-electron chi connectivity index (χ4n) is 2.89. The van der Waals surface area contributed by atoms with Gasteiger partial charge in [0.05, 0.1) is 16.5 Å². The van der Waals surface area contributed by atoms with Crippen molar-refractivity contribution in [2.75, 3.05) is 0 Å². The number of nitro groups is 1. The predicted octanol–water partition coefficient (Wildman–Crippen LogP) is 2.53. The summed E-state index contributed by atoms with van der Waals surface area (Å²) in [4.78, 5) is 34.3. The number of nitrogens with one attached hydrogen (secondary N) is 1. The molecule has 2 atom stereocenters. The number of carbonyl (C=O) groups excluding carboxylic acids is 2. The van der Waals surface area contributed by atoms with E-state index in [0.29, 0.717) is 18.4 Å². The summed E-state index contributed by atoms with van der Waals surface area (Å²) < 4.78 is 0. The number of hydrogen-bond donors (Lipinski definition) is 1. The van der Waals surface area contributed by atoms with Gasteiger partial charge in [-0.2, -0.15) is 0 Å². The van der Waals surface area contributed by atoms with Crippen LogP contribution in [0.15, 0.2) is 24.3 Å². The maximum absolute atomic E-state index is 12.2. The van der Waals surface area contributed by atoms with Crippen LogP contribution in [0.2, 0.25) is 0 Å². The van der Waals surface area contributed by atoms with Crippen LogP contribution in [0.4, 0.5) is 5.69 Å². The zero-order valence-corrected chi connectivity index (χ0v) is 11.9. The molecule has 0 heterocycles. The Morgan fingerprint density at radius 2 is 2.10 bits per heavy atom. The molecule has 1 fully saturated rings. The van der Waals surface area contributed by atoms with E-state index in [-0.39, 0.29) is 23.3 Å². The molecule has 1 aliphatic carbocycles. The summed E-state index contributed by atoms with van der Waals surface area (Å²) in [7, 11) is 0. The number of hydrogen-bond acceptors (Lipinski definition) is 4. The smallest absolute Gasteiger partial charge is 0.274 e. The maximum atomic E-state index is 12.2. The van der Waals surface area contributed by atoms with Crippen molar-refractivity contribution in [2.45, 2.75) is 38.6 Å². The first-order valence-electron chi connectivity index (χ1n) is 7.04. The molecule has 1 amide bonds. The van der Waals surface area contributed by atoms with Crippen LogP contribution in [0.25, 0.3) is 0 Å². The Balaban J connectivity index is 2.42. The van der Waals surface area contributed by atoms with Crippen molar-refractivity contribution >= 4 is 17.4 Å². The lowest BCUT2D eigenvalue weighted by molar-refractivity contribution is -0.385. The molecule has 6 heteroatoms. The minimum absolute atomic E-state index is 0.0605. The quantitative estimate of drug-likeness (QED) is 0.681. The molecule has 0 saturated heterocycles. The molecule has 0 bridgehead atoms. The first kappa shape index (κ1) is 15.2. The summed E-state index contributed by atoms with van der Waals surface area (Å²) in [5.41, 5.74) is 0.340. The number of nitro benzene ring substituents is 1. The monoisotopic (exact) mass is 290 g/mol. The van der Waals surface area contributed by atoms with Crippen LogP contribution in [0.1, 0.15) is 44.2 Å². The van der Waals surface area contributed by atoms with Gasteiger partial charge in [-0.25, -0.2) is 0 Å². The molecule has 0 unspecified atom stereocenters. The highest BCUT2D eigenvalue weighted by atomic mass is 16.6. The van der Waals surface area contributed by atoms with Gasteiger partial charge in [-0.3, -0.25) is 19.7 Å². The van der Waals surface area contributed by atoms with Gasteiger partial charge in [-0.05, 0) is 12.8 Å². The third kappa shape index (κ3) is 3.45. The lowest BCUT2D eigenvalue weighted by atomic mass is 9.79. The molecule has 112 valence electrons. The van der Waals surface area contributed by atoms with Gasteiger partial charge in [0.15, 0.2) is 0 Å². The van der Waals surface area contributed by atoms with Crippen molar-refractivity contribution in [1.29, 1.82) is 0 Å². The van der Waals surface area contributed by atoms with Gasteiger partial charge in [0, 0.05) is 25.3 Å². The molecular formula is C15H18N2O4. The number of carbonyl (C=O) groups is 2.